The lowest BCUT2D eigenvalue weighted by Gasteiger charge is -2.39. The van der Waals surface area contributed by atoms with Gasteiger partial charge in [0, 0.05) is 19.0 Å². The molecule has 1 aliphatic heterocycles. The lowest BCUT2D eigenvalue weighted by Crippen LogP contribution is -2.53. The molecule has 0 aliphatic carbocycles. The summed E-state index contributed by atoms with van der Waals surface area (Å²) in [7, 11) is -3.02. The van der Waals surface area contributed by atoms with Crippen molar-refractivity contribution in [2.45, 2.75) is 19.4 Å². The number of aliphatic hydroxyl groups is 1. The van der Waals surface area contributed by atoms with Crippen molar-refractivity contribution in [2.24, 2.45) is 5.92 Å². The van der Waals surface area contributed by atoms with Crippen LogP contribution >= 0.6 is 0 Å². The molecular formula is C7H15NO3S. The largest absolute Gasteiger partial charge is 0.393 e. The summed E-state index contributed by atoms with van der Waals surface area (Å²) < 4.78 is 23.2. The lowest BCUT2D eigenvalue weighted by atomic mass is 9.95. The summed E-state index contributed by atoms with van der Waals surface area (Å²) in [5.74, 6) is 0.143. The van der Waals surface area contributed by atoms with Crippen molar-refractivity contribution in [3.8, 4) is 0 Å². The normalized spacial score (nSPS) is 23.6. The van der Waals surface area contributed by atoms with E-state index in [1.165, 1.54) is 10.6 Å². The maximum Gasteiger partial charge on any atom is 0.211 e. The quantitative estimate of drug-likeness (QED) is 0.666. The zero-order chi connectivity index (χ0) is 9.35. The lowest BCUT2D eigenvalue weighted by molar-refractivity contribution is 0.0352. The smallest absolute Gasteiger partial charge is 0.211 e. The first-order valence-electron chi connectivity index (χ1n) is 4.08. The Hall–Kier alpha value is -0.130. The minimum absolute atomic E-state index is 0.143. The van der Waals surface area contributed by atoms with Crippen LogP contribution in [0.1, 0.15) is 13.3 Å². The van der Waals surface area contributed by atoms with Crippen LogP contribution in [0.5, 0.6) is 0 Å². The second kappa shape index (κ2) is 3.32. The maximum atomic E-state index is 10.9. The van der Waals surface area contributed by atoms with E-state index in [1.54, 1.807) is 0 Å². The van der Waals surface area contributed by atoms with E-state index >= 15 is 0 Å². The van der Waals surface area contributed by atoms with Crippen LogP contribution in [-0.4, -0.2) is 43.3 Å². The molecule has 0 radical (unpaired) electrons. The van der Waals surface area contributed by atoms with Gasteiger partial charge < -0.3 is 5.11 Å². The number of aliphatic hydroxyl groups excluding tert-OH is 1. The van der Waals surface area contributed by atoms with Crippen molar-refractivity contribution in [2.75, 3.05) is 19.3 Å². The van der Waals surface area contributed by atoms with Crippen molar-refractivity contribution in [1.29, 1.82) is 0 Å². The van der Waals surface area contributed by atoms with Crippen LogP contribution in [0.3, 0.4) is 0 Å². The zero-order valence-electron chi connectivity index (χ0n) is 7.40. The predicted octanol–water partition coefficient (Wildman–Crippen LogP) is -0.351. The van der Waals surface area contributed by atoms with Gasteiger partial charge in [-0.3, -0.25) is 0 Å². The maximum absolute atomic E-state index is 10.9. The molecule has 0 bridgehead atoms. The van der Waals surface area contributed by atoms with Crippen LogP contribution in [0, 0.1) is 5.92 Å². The molecule has 1 atom stereocenters. The number of hydrogen-bond donors (Lipinski definition) is 1. The first-order valence-corrected chi connectivity index (χ1v) is 5.93. The van der Waals surface area contributed by atoms with E-state index in [4.69, 9.17) is 0 Å². The molecule has 0 saturated carbocycles. The zero-order valence-corrected chi connectivity index (χ0v) is 8.21. The predicted molar refractivity (Wildman–Crippen MR) is 46.2 cm³/mol. The molecule has 0 aromatic carbocycles. The van der Waals surface area contributed by atoms with Gasteiger partial charge >= 0.3 is 0 Å². The van der Waals surface area contributed by atoms with Gasteiger partial charge in [-0.1, -0.05) is 6.92 Å². The topological polar surface area (TPSA) is 57.6 Å². The van der Waals surface area contributed by atoms with E-state index in [-0.39, 0.29) is 12.0 Å². The molecule has 5 heteroatoms. The molecule has 1 N–H and O–H groups in total. The number of rotatable bonds is 3. The van der Waals surface area contributed by atoms with Gasteiger partial charge in [-0.25, -0.2) is 12.7 Å². The van der Waals surface area contributed by atoms with Gasteiger partial charge in [-0.2, -0.15) is 0 Å². The fraction of sp³-hybridized carbons (Fsp3) is 1.00. The monoisotopic (exact) mass is 193 g/mol. The Balaban J connectivity index is 2.39. The number of sulfonamides is 1. The van der Waals surface area contributed by atoms with E-state index < -0.39 is 10.0 Å². The number of nitrogens with zero attached hydrogens (tertiary/aromatic N) is 1. The molecule has 1 fully saturated rings. The molecule has 1 rings (SSSR count). The Kier molecular flexibility index (Phi) is 2.75. The fourth-order valence-electron chi connectivity index (χ4n) is 1.32. The van der Waals surface area contributed by atoms with Crippen molar-refractivity contribution >= 4 is 10.0 Å². The summed E-state index contributed by atoms with van der Waals surface area (Å²) in [5, 5.41) is 9.34. The molecule has 1 saturated heterocycles. The van der Waals surface area contributed by atoms with Crippen molar-refractivity contribution in [3.63, 3.8) is 0 Å². The fourth-order valence-corrected chi connectivity index (χ4v) is 2.24. The summed E-state index contributed by atoms with van der Waals surface area (Å²) in [6, 6.07) is 0. The second-order valence-electron chi connectivity index (χ2n) is 3.32. The second-order valence-corrected chi connectivity index (χ2v) is 5.30. The summed E-state index contributed by atoms with van der Waals surface area (Å²) in [6.07, 6.45) is 1.55. The molecule has 0 amide bonds. The van der Waals surface area contributed by atoms with Gasteiger partial charge in [-0.05, 0) is 6.42 Å². The number of hydrogen-bond acceptors (Lipinski definition) is 3. The first kappa shape index (κ1) is 9.95. The third-order valence-corrected chi connectivity index (χ3v) is 3.54. The first-order chi connectivity index (χ1) is 5.45. The summed E-state index contributed by atoms with van der Waals surface area (Å²) >= 11 is 0. The highest BCUT2D eigenvalue weighted by Gasteiger charge is 2.36. The Morgan fingerprint density at radius 3 is 2.42 bits per heavy atom. The van der Waals surface area contributed by atoms with Gasteiger partial charge in [0.2, 0.25) is 10.0 Å². The van der Waals surface area contributed by atoms with Crippen LogP contribution < -0.4 is 0 Å². The molecule has 1 aliphatic rings. The van der Waals surface area contributed by atoms with Crippen molar-refractivity contribution in [1.82, 2.24) is 4.31 Å². The molecule has 0 aromatic heterocycles. The van der Waals surface area contributed by atoms with Gasteiger partial charge in [0.05, 0.1) is 12.4 Å². The van der Waals surface area contributed by atoms with Crippen LogP contribution in [0.2, 0.25) is 0 Å². The van der Waals surface area contributed by atoms with Gasteiger partial charge in [0.25, 0.3) is 0 Å². The summed E-state index contributed by atoms with van der Waals surface area (Å²) in [5.41, 5.74) is 0. The molecule has 0 aromatic rings. The van der Waals surface area contributed by atoms with Crippen LogP contribution in [-0.2, 0) is 10.0 Å². The minimum Gasteiger partial charge on any atom is -0.393 e. The Bertz CT molecular complexity index is 243. The third kappa shape index (κ3) is 1.97. The van der Waals surface area contributed by atoms with E-state index in [0.29, 0.717) is 19.5 Å². The highest BCUT2D eigenvalue weighted by Crippen LogP contribution is 2.22. The van der Waals surface area contributed by atoms with E-state index in [2.05, 4.69) is 0 Å². The Morgan fingerprint density at radius 2 is 2.08 bits per heavy atom. The third-order valence-electron chi connectivity index (χ3n) is 2.31. The summed E-state index contributed by atoms with van der Waals surface area (Å²) in [4.78, 5) is 0. The molecule has 12 heavy (non-hydrogen) atoms. The Labute approximate surface area is 73.2 Å². The van der Waals surface area contributed by atoms with Crippen LogP contribution in [0.4, 0.5) is 0 Å². The molecular weight excluding hydrogens is 178 g/mol. The van der Waals surface area contributed by atoms with E-state index in [1.807, 2.05) is 6.92 Å². The highest BCUT2D eigenvalue weighted by molar-refractivity contribution is 7.88. The molecule has 1 unspecified atom stereocenters. The average molecular weight is 193 g/mol. The molecule has 4 nitrogen and oxygen atoms in total. The van der Waals surface area contributed by atoms with Gasteiger partial charge in [-0.15, -0.1) is 0 Å². The summed E-state index contributed by atoms with van der Waals surface area (Å²) in [6.45, 7) is 2.86. The van der Waals surface area contributed by atoms with Crippen LogP contribution in [0.15, 0.2) is 0 Å². The van der Waals surface area contributed by atoms with E-state index in [0.717, 1.165) is 0 Å². The van der Waals surface area contributed by atoms with Gasteiger partial charge in [0.15, 0.2) is 0 Å². The van der Waals surface area contributed by atoms with E-state index in [9.17, 15) is 13.5 Å². The van der Waals surface area contributed by atoms with Crippen molar-refractivity contribution < 1.29 is 13.5 Å². The molecule has 72 valence electrons. The minimum atomic E-state index is -3.02. The molecule has 0 spiro atoms. The van der Waals surface area contributed by atoms with Gasteiger partial charge in [0.1, 0.15) is 0 Å². The molecule has 1 heterocycles. The average Bonchev–Trinajstić information content (AvgIpc) is 1.80. The van der Waals surface area contributed by atoms with Crippen LogP contribution in [0.25, 0.3) is 0 Å². The SMILES string of the molecule is CCC(O)C1CN(S(C)(=O)=O)C1. The standard InChI is InChI=1S/C7H15NO3S/c1-3-7(9)6-4-8(5-6)12(2,10)11/h6-7,9H,3-5H2,1-2H3. The Morgan fingerprint density at radius 1 is 1.58 bits per heavy atom. The van der Waals surface area contributed by atoms with Crippen molar-refractivity contribution in [3.05, 3.63) is 0 Å². The highest BCUT2D eigenvalue weighted by atomic mass is 32.2.